The molecule has 1 aromatic heterocycles. The lowest BCUT2D eigenvalue weighted by Gasteiger charge is -2.26. The summed E-state index contributed by atoms with van der Waals surface area (Å²) in [6.07, 6.45) is 2.15. The second-order valence-corrected chi connectivity index (χ2v) is 8.49. The van der Waals surface area contributed by atoms with E-state index >= 15 is 0 Å². The van der Waals surface area contributed by atoms with Gasteiger partial charge in [-0.15, -0.1) is 0 Å². The van der Waals surface area contributed by atoms with Crippen LogP contribution in [0.1, 0.15) is 34.7 Å². The van der Waals surface area contributed by atoms with E-state index in [1.807, 2.05) is 30.3 Å². The summed E-state index contributed by atoms with van der Waals surface area (Å²) in [6.45, 7) is 2.15. The van der Waals surface area contributed by atoms with Gasteiger partial charge in [-0.05, 0) is 54.8 Å². The fourth-order valence-electron chi connectivity index (χ4n) is 4.34. The van der Waals surface area contributed by atoms with Gasteiger partial charge in [0.15, 0.2) is 11.5 Å². The average Bonchev–Trinajstić information content (AvgIpc) is 2.84. The van der Waals surface area contributed by atoms with Crippen molar-refractivity contribution in [2.75, 3.05) is 13.7 Å². The van der Waals surface area contributed by atoms with Crippen LogP contribution in [0.4, 0.5) is 0 Å². The van der Waals surface area contributed by atoms with Crippen molar-refractivity contribution >= 4 is 12.0 Å². The Morgan fingerprint density at radius 1 is 1.09 bits per heavy atom. The number of fused-ring (bicyclic) bond motifs is 1. The number of methoxy groups -OCH3 is 1. The molecule has 2 heterocycles. The van der Waals surface area contributed by atoms with Crippen molar-refractivity contribution in [3.8, 4) is 23.0 Å². The van der Waals surface area contributed by atoms with Crippen LogP contribution in [-0.2, 0) is 22.5 Å². The molecule has 0 bridgehead atoms. The smallest absolute Gasteiger partial charge is 0.306 e. The number of ether oxygens (including phenoxy) is 2. The van der Waals surface area contributed by atoms with E-state index in [1.54, 1.807) is 13.0 Å². The summed E-state index contributed by atoms with van der Waals surface area (Å²) in [7, 11) is 1.28. The number of hydrogen-bond acceptors (Lipinski definition) is 7. The Morgan fingerprint density at radius 3 is 2.60 bits per heavy atom. The van der Waals surface area contributed by atoms with Gasteiger partial charge in [-0.25, -0.2) is 0 Å². The standard InChI is InChI=1S/C27H27NO7/c1-16-11-23(31)26(27(33)28(16)10-9-17-7-8-21(29)22(30)12-17)20(14-25(32)34-2)19-13-18-5-3-4-6-24(18)35-15-19/h3-8,11-13,20,29-31H,9-10,14-15H2,1-2H3. The molecule has 1 atom stereocenters. The van der Waals surface area contributed by atoms with Gasteiger partial charge in [0.25, 0.3) is 5.56 Å². The van der Waals surface area contributed by atoms with Gasteiger partial charge in [0.2, 0.25) is 0 Å². The molecule has 1 aliphatic heterocycles. The van der Waals surface area contributed by atoms with E-state index < -0.39 is 17.4 Å². The van der Waals surface area contributed by atoms with Gasteiger partial charge in [0.05, 0.1) is 19.1 Å². The maximum absolute atomic E-state index is 13.6. The van der Waals surface area contributed by atoms with Gasteiger partial charge in [-0.3, -0.25) is 9.59 Å². The fourth-order valence-corrected chi connectivity index (χ4v) is 4.34. The fraction of sp³-hybridized carbons (Fsp3) is 0.259. The topological polar surface area (TPSA) is 118 Å². The molecular weight excluding hydrogens is 450 g/mol. The molecule has 0 saturated heterocycles. The van der Waals surface area contributed by atoms with Crippen molar-refractivity contribution in [2.24, 2.45) is 0 Å². The van der Waals surface area contributed by atoms with E-state index in [1.165, 1.54) is 29.9 Å². The summed E-state index contributed by atoms with van der Waals surface area (Å²) in [5, 5.41) is 30.1. The van der Waals surface area contributed by atoms with Crippen molar-refractivity contribution in [1.29, 1.82) is 0 Å². The first kappa shape index (κ1) is 23.9. The Kier molecular flexibility index (Phi) is 6.82. The number of aromatic hydroxyl groups is 3. The Balaban J connectivity index is 1.74. The van der Waals surface area contributed by atoms with Gasteiger partial charge in [0, 0.05) is 23.7 Å². The summed E-state index contributed by atoms with van der Waals surface area (Å²) in [5.41, 5.74) is 2.47. The number of aryl methyl sites for hydroxylation is 2. The molecule has 0 fully saturated rings. The van der Waals surface area contributed by atoms with Gasteiger partial charge in [0.1, 0.15) is 18.1 Å². The number of aromatic nitrogens is 1. The third kappa shape index (κ3) is 5.01. The van der Waals surface area contributed by atoms with Gasteiger partial charge < -0.3 is 29.4 Å². The SMILES string of the molecule is COC(=O)CC(C1=Cc2ccccc2OC1)c1c(O)cc(C)n(CCc2ccc(O)c(O)c2)c1=O. The van der Waals surface area contributed by atoms with E-state index in [9.17, 15) is 24.9 Å². The van der Waals surface area contributed by atoms with Crippen LogP contribution in [0.25, 0.3) is 6.08 Å². The van der Waals surface area contributed by atoms with Crippen LogP contribution < -0.4 is 10.3 Å². The molecule has 8 heteroatoms. The Hall–Kier alpha value is -4.20. The third-order valence-corrected chi connectivity index (χ3v) is 6.24. The van der Waals surface area contributed by atoms with Crippen LogP contribution in [-0.4, -0.2) is 39.6 Å². The number of phenols is 2. The maximum Gasteiger partial charge on any atom is 0.306 e. The minimum Gasteiger partial charge on any atom is -0.507 e. The van der Waals surface area contributed by atoms with E-state index in [4.69, 9.17) is 9.47 Å². The predicted molar refractivity (Wildman–Crippen MR) is 130 cm³/mol. The molecule has 0 spiro atoms. The van der Waals surface area contributed by atoms with E-state index in [-0.39, 0.29) is 42.4 Å². The summed E-state index contributed by atoms with van der Waals surface area (Å²) >= 11 is 0. The van der Waals surface area contributed by atoms with E-state index in [2.05, 4.69) is 0 Å². The largest absolute Gasteiger partial charge is 0.507 e. The number of carbonyl (C=O) groups excluding carboxylic acids is 1. The maximum atomic E-state index is 13.6. The quantitative estimate of drug-likeness (QED) is 0.351. The summed E-state index contributed by atoms with van der Waals surface area (Å²) in [6, 6.07) is 13.5. The van der Waals surface area contributed by atoms with E-state index in [0.717, 1.165) is 11.1 Å². The molecule has 0 radical (unpaired) electrons. The van der Waals surface area contributed by atoms with Crippen molar-refractivity contribution in [1.82, 2.24) is 4.57 Å². The van der Waals surface area contributed by atoms with Crippen molar-refractivity contribution < 1.29 is 29.6 Å². The van der Waals surface area contributed by atoms with Crippen LogP contribution >= 0.6 is 0 Å². The summed E-state index contributed by atoms with van der Waals surface area (Å²) in [5.74, 6) is -1.20. The second kappa shape index (κ2) is 9.97. The highest BCUT2D eigenvalue weighted by Gasteiger charge is 2.30. The number of phenolic OH excluding ortho intramolecular Hbond substituents is 2. The first-order valence-corrected chi connectivity index (χ1v) is 11.2. The average molecular weight is 478 g/mol. The molecule has 0 amide bonds. The summed E-state index contributed by atoms with van der Waals surface area (Å²) in [4.78, 5) is 25.9. The normalized spacial score (nSPS) is 13.4. The minimum atomic E-state index is -0.743. The molecule has 4 rings (SSSR count). The van der Waals surface area contributed by atoms with Crippen LogP contribution in [0, 0.1) is 6.92 Å². The lowest BCUT2D eigenvalue weighted by molar-refractivity contribution is -0.140. The van der Waals surface area contributed by atoms with Gasteiger partial charge >= 0.3 is 5.97 Å². The lowest BCUT2D eigenvalue weighted by Crippen LogP contribution is -2.30. The lowest BCUT2D eigenvalue weighted by atomic mass is 9.86. The Morgan fingerprint density at radius 2 is 1.86 bits per heavy atom. The molecule has 0 aliphatic carbocycles. The highest BCUT2D eigenvalue weighted by molar-refractivity contribution is 5.73. The number of hydrogen-bond donors (Lipinski definition) is 3. The molecular formula is C27H27NO7. The number of rotatable bonds is 7. The first-order chi connectivity index (χ1) is 16.8. The van der Waals surface area contributed by atoms with Crippen molar-refractivity contribution in [3.05, 3.63) is 86.8 Å². The molecule has 1 unspecified atom stereocenters. The molecule has 3 aromatic rings. The zero-order valence-corrected chi connectivity index (χ0v) is 19.5. The van der Waals surface area contributed by atoms with Crippen LogP contribution in [0.15, 0.2) is 58.9 Å². The van der Waals surface area contributed by atoms with Crippen molar-refractivity contribution in [2.45, 2.75) is 32.2 Å². The zero-order chi connectivity index (χ0) is 25.1. The first-order valence-electron chi connectivity index (χ1n) is 11.2. The molecule has 0 saturated carbocycles. The summed E-state index contributed by atoms with van der Waals surface area (Å²) < 4.78 is 12.3. The zero-order valence-electron chi connectivity index (χ0n) is 19.5. The highest BCUT2D eigenvalue weighted by atomic mass is 16.5. The van der Waals surface area contributed by atoms with Crippen LogP contribution in [0.5, 0.6) is 23.0 Å². The second-order valence-electron chi connectivity index (χ2n) is 8.49. The minimum absolute atomic E-state index is 0.101. The highest BCUT2D eigenvalue weighted by Crippen LogP contribution is 2.37. The molecule has 182 valence electrons. The molecule has 2 aromatic carbocycles. The number of esters is 1. The number of carbonyl (C=O) groups is 1. The monoisotopic (exact) mass is 477 g/mol. The van der Waals surface area contributed by atoms with Crippen LogP contribution in [0.3, 0.4) is 0 Å². The Labute approximate surface area is 202 Å². The Bertz CT molecular complexity index is 1360. The predicted octanol–water partition coefficient (Wildman–Crippen LogP) is 3.64. The van der Waals surface area contributed by atoms with Gasteiger partial charge in [-0.2, -0.15) is 0 Å². The van der Waals surface area contributed by atoms with Crippen molar-refractivity contribution in [3.63, 3.8) is 0 Å². The van der Waals surface area contributed by atoms with E-state index in [0.29, 0.717) is 23.4 Å². The molecule has 1 aliphatic rings. The third-order valence-electron chi connectivity index (χ3n) is 6.24. The van der Waals surface area contributed by atoms with Crippen LogP contribution in [0.2, 0.25) is 0 Å². The van der Waals surface area contributed by atoms with Gasteiger partial charge in [-0.1, -0.05) is 24.3 Å². The number of benzene rings is 2. The number of para-hydroxylation sites is 1. The molecule has 35 heavy (non-hydrogen) atoms. The number of pyridine rings is 1. The number of nitrogens with zero attached hydrogens (tertiary/aromatic N) is 1. The molecule has 8 nitrogen and oxygen atoms in total. The molecule has 3 N–H and O–H groups in total.